The van der Waals surface area contributed by atoms with Crippen LogP contribution < -0.4 is 10.1 Å². The maximum atomic E-state index is 13.8. The quantitative estimate of drug-likeness (QED) is 0.745. The van der Waals surface area contributed by atoms with Gasteiger partial charge in [-0.2, -0.15) is 0 Å². The van der Waals surface area contributed by atoms with Gasteiger partial charge in [0.05, 0.1) is 7.11 Å². The van der Waals surface area contributed by atoms with Crippen LogP contribution in [-0.2, 0) is 5.67 Å². The molecule has 1 aromatic rings. The normalized spacial score (nSPS) is 19.2. The third-order valence-electron chi connectivity index (χ3n) is 2.42. The standard InChI is InChI=1S/C10H12FNO/c1-13-9-4-2-8(3-5-9)10(11)6-12-7-10/h2-5,12H,6-7H2,1H3. The highest BCUT2D eigenvalue weighted by molar-refractivity contribution is 5.32. The van der Waals surface area contributed by atoms with E-state index in [2.05, 4.69) is 5.32 Å². The zero-order valence-electron chi connectivity index (χ0n) is 7.51. The van der Waals surface area contributed by atoms with E-state index in [0.29, 0.717) is 13.1 Å². The molecule has 0 aromatic heterocycles. The lowest BCUT2D eigenvalue weighted by atomic mass is 9.90. The Morgan fingerprint density at radius 2 is 1.92 bits per heavy atom. The predicted molar refractivity (Wildman–Crippen MR) is 48.6 cm³/mol. The fourth-order valence-electron chi connectivity index (χ4n) is 1.44. The average Bonchev–Trinajstić information content (AvgIpc) is 2.14. The summed E-state index contributed by atoms with van der Waals surface area (Å²) in [6, 6.07) is 7.13. The molecular weight excluding hydrogens is 169 g/mol. The molecule has 1 N–H and O–H groups in total. The van der Waals surface area contributed by atoms with E-state index >= 15 is 0 Å². The highest BCUT2D eigenvalue weighted by Gasteiger charge is 2.38. The molecule has 1 aliphatic heterocycles. The van der Waals surface area contributed by atoms with Gasteiger partial charge in [-0.25, -0.2) is 4.39 Å². The Morgan fingerprint density at radius 1 is 1.31 bits per heavy atom. The van der Waals surface area contributed by atoms with Crippen molar-refractivity contribution in [3.63, 3.8) is 0 Å². The van der Waals surface area contributed by atoms with E-state index in [4.69, 9.17) is 4.74 Å². The third-order valence-corrected chi connectivity index (χ3v) is 2.42. The molecule has 0 atom stereocenters. The number of methoxy groups -OCH3 is 1. The number of hydrogen-bond donors (Lipinski definition) is 1. The Balaban J connectivity index is 2.22. The van der Waals surface area contributed by atoms with Crippen LogP contribution in [0.3, 0.4) is 0 Å². The van der Waals surface area contributed by atoms with Crippen LogP contribution in [0.5, 0.6) is 5.75 Å². The first-order valence-electron chi connectivity index (χ1n) is 4.29. The van der Waals surface area contributed by atoms with Gasteiger partial charge < -0.3 is 10.1 Å². The highest BCUT2D eigenvalue weighted by atomic mass is 19.1. The van der Waals surface area contributed by atoms with Gasteiger partial charge in [0.15, 0.2) is 5.67 Å². The van der Waals surface area contributed by atoms with Crippen molar-refractivity contribution >= 4 is 0 Å². The third kappa shape index (κ3) is 1.40. The maximum absolute atomic E-state index is 13.8. The van der Waals surface area contributed by atoms with E-state index in [1.165, 1.54) is 0 Å². The number of alkyl halides is 1. The lowest BCUT2D eigenvalue weighted by molar-refractivity contribution is 0.0891. The van der Waals surface area contributed by atoms with E-state index in [9.17, 15) is 4.39 Å². The summed E-state index contributed by atoms with van der Waals surface area (Å²) in [5.41, 5.74) is -0.432. The van der Waals surface area contributed by atoms with E-state index in [0.717, 1.165) is 11.3 Å². The molecule has 3 heteroatoms. The molecule has 1 aromatic carbocycles. The number of rotatable bonds is 2. The summed E-state index contributed by atoms with van der Waals surface area (Å²) in [6.45, 7) is 0.832. The molecule has 1 saturated heterocycles. The molecule has 0 amide bonds. The van der Waals surface area contributed by atoms with Crippen LogP contribution in [0, 0.1) is 0 Å². The van der Waals surface area contributed by atoms with Crippen molar-refractivity contribution in [2.75, 3.05) is 20.2 Å². The van der Waals surface area contributed by atoms with Gasteiger partial charge in [-0.1, -0.05) is 12.1 Å². The number of ether oxygens (including phenoxy) is 1. The summed E-state index contributed by atoms with van der Waals surface area (Å²) in [6.07, 6.45) is 0. The van der Waals surface area contributed by atoms with Gasteiger partial charge in [0.25, 0.3) is 0 Å². The van der Waals surface area contributed by atoms with Crippen LogP contribution in [0.2, 0.25) is 0 Å². The number of halogens is 1. The van der Waals surface area contributed by atoms with E-state index in [1.807, 2.05) is 0 Å². The van der Waals surface area contributed by atoms with Crippen LogP contribution in [-0.4, -0.2) is 20.2 Å². The van der Waals surface area contributed by atoms with Crippen molar-refractivity contribution in [2.45, 2.75) is 5.67 Å². The van der Waals surface area contributed by atoms with Gasteiger partial charge in [-0.15, -0.1) is 0 Å². The fourth-order valence-corrected chi connectivity index (χ4v) is 1.44. The molecule has 1 heterocycles. The van der Waals surface area contributed by atoms with Gasteiger partial charge in [0.2, 0.25) is 0 Å². The average molecular weight is 181 g/mol. The molecule has 0 unspecified atom stereocenters. The Hall–Kier alpha value is -1.09. The lowest BCUT2D eigenvalue weighted by Gasteiger charge is -2.35. The van der Waals surface area contributed by atoms with Crippen molar-refractivity contribution in [3.8, 4) is 5.75 Å². The van der Waals surface area contributed by atoms with Crippen molar-refractivity contribution in [1.29, 1.82) is 0 Å². The predicted octanol–water partition coefficient (Wildman–Crippen LogP) is 1.46. The molecule has 13 heavy (non-hydrogen) atoms. The zero-order valence-corrected chi connectivity index (χ0v) is 7.51. The molecule has 0 radical (unpaired) electrons. The van der Waals surface area contributed by atoms with Gasteiger partial charge >= 0.3 is 0 Å². The monoisotopic (exact) mass is 181 g/mol. The first kappa shape index (κ1) is 8.51. The number of nitrogens with one attached hydrogen (secondary N) is 1. The topological polar surface area (TPSA) is 21.3 Å². The SMILES string of the molecule is COc1ccc(C2(F)CNC2)cc1. The summed E-state index contributed by atoms with van der Waals surface area (Å²) >= 11 is 0. The smallest absolute Gasteiger partial charge is 0.160 e. The molecular formula is C10H12FNO. The Bertz CT molecular complexity index is 292. The fraction of sp³-hybridized carbons (Fsp3) is 0.400. The Kier molecular flexibility index (Phi) is 1.96. The van der Waals surface area contributed by atoms with Gasteiger partial charge in [0.1, 0.15) is 5.75 Å². The second kappa shape index (κ2) is 3.00. The minimum atomic E-state index is -1.16. The number of hydrogen-bond acceptors (Lipinski definition) is 2. The van der Waals surface area contributed by atoms with Crippen LogP contribution in [0.15, 0.2) is 24.3 Å². The highest BCUT2D eigenvalue weighted by Crippen LogP contribution is 2.30. The minimum absolute atomic E-state index is 0.416. The number of benzene rings is 1. The molecule has 0 saturated carbocycles. The van der Waals surface area contributed by atoms with Crippen LogP contribution in [0.4, 0.5) is 4.39 Å². The summed E-state index contributed by atoms with van der Waals surface area (Å²) in [5, 5.41) is 2.92. The molecule has 0 spiro atoms. The van der Waals surface area contributed by atoms with E-state index < -0.39 is 5.67 Å². The van der Waals surface area contributed by atoms with Gasteiger partial charge in [-0.3, -0.25) is 0 Å². The Labute approximate surface area is 76.7 Å². The van der Waals surface area contributed by atoms with Crippen LogP contribution in [0.25, 0.3) is 0 Å². The van der Waals surface area contributed by atoms with Crippen molar-refractivity contribution in [3.05, 3.63) is 29.8 Å². The van der Waals surface area contributed by atoms with Crippen molar-refractivity contribution in [1.82, 2.24) is 5.32 Å². The zero-order chi connectivity index (χ0) is 9.31. The van der Waals surface area contributed by atoms with Gasteiger partial charge in [-0.05, 0) is 17.7 Å². The summed E-state index contributed by atoms with van der Waals surface area (Å²) in [5.74, 6) is 0.764. The summed E-state index contributed by atoms with van der Waals surface area (Å²) in [7, 11) is 1.60. The van der Waals surface area contributed by atoms with Gasteiger partial charge in [0, 0.05) is 13.1 Å². The maximum Gasteiger partial charge on any atom is 0.160 e. The molecule has 2 nitrogen and oxygen atoms in total. The molecule has 2 rings (SSSR count). The molecule has 1 aliphatic rings. The first-order chi connectivity index (χ1) is 6.24. The van der Waals surface area contributed by atoms with Crippen molar-refractivity contribution in [2.24, 2.45) is 0 Å². The summed E-state index contributed by atoms with van der Waals surface area (Å²) in [4.78, 5) is 0. The van der Waals surface area contributed by atoms with Crippen LogP contribution >= 0.6 is 0 Å². The Morgan fingerprint density at radius 3 is 2.31 bits per heavy atom. The second-order valence-corrected chi connectivity index (χ2v) is 3.30. The molecule has 0 aliphatic carbocycles. The largest absolute Gasteiger partial charge is 0.497 e. The second-order valence-electron chi connectivity index (χ2n) is 3.30. The first-order valence-corrected chi connectivity index (χ1v) is 4.29. The van der Waals surface area contributed by atoms with E-state index in [-0.39, 0.29) is 0 Å². The van der Waals surface area contributed by atoms with Crippen molar-refractivity contribution < 1.29 is 9.13 Å². The molecule has 70 valence electrons. The minimum Gasteiger partial charge on any atom is -0.497 e. The molecule has 0 bridgehead atoms. The molecule has 1 fully saturated rings. The lowest BCUT2D eigenvalue weighted by Crippen LogP contribution is -2.53. The summed E-state index contributed by atoms with van der Waals surface area (Å²) < 4.78 is 18.8. The van der Waals surface area contributed by atoms with Crippen LogP contribution in [0.1, 0.15) is 5.56 Å². The van der Waals surface area contributed by atoms with E-state index in [1.54, 1.807) is 31.4 Å².